The third-order valence-electron chi connectivity index (χ3n) is 5.20. The van der Waals surface area contributed by atoms with Gasteiger partial charge >= 0.3 is 6.03 Å². The highest BCUT2D eigenvalue weighted by Gasteiger charge is 2.24. The zero-order chi connectivity index (χ0) is 22.2. The van der Waals surface area contributed by atoms with E-state index in [2.05, 4.69) is 0 Å². The fraction of sp³-hybridized carbons (Fsp3) is 0.364. The monoisotopic (exact) mass is 430 g/mol. The van der Waals surface area contributed by atoms with Crippen LogP contribution in [-0.4, -0.2) is 61.7 Å². The number of nitrogens with two attached hydrogens (primary N) is 1. The molecule has 0 spiro atoms. The van der Waals surface area contributed by atoms with Crippen LogP contribution in [0.1, 0.15) is 21.5 Å². The van der Waals surface area contributed by atoms with Crippen molar-refractivity contribution in [2.24, 2.45) is 5.84 Å². The Kier molecular flexibility index (Phi) is 7.80. The average molecular weight is 430 g/mol. The summed E-state index contributed by atoms with van der Waals surface area (Å²) in [6.07, 6.45) is 0.551. The lowest BCUT2D eigenvalue weighted by Gasteiger charge is -2.33. The predicted octanol–water partition coefficient (Wildman–Crippen LogP) is 1.93. The minimum absolute atomic E-state index is 0.0711. The molecule has 2 aromatic rings. The Morgan fingerprint density at radius 1 is 1.19 bits per heavy atom. The Hall–Kier alpha value is -3.17. The first-order chi connectivity index (χ1) is 15.0. The van der Waals surface area contributed by atoms with Crippen molar-refractivity contribution < 1.29 is 23.5 Å². The van der Waals surface area contributed by atoms with Crippen LogP contribution in [0, 0.1) is 5.82 Å². The van der Waals surface area contributed by atoms with E-state index in [9.17, 15) is 14.0 Å². The second-order valence-electron chi connectivity index (χ2n) is 7.15. The number of rotatable bonds is 7. The Labute approximate surface area is 180 Å². The van der Waals surface area contributed by atoms with E-state index >= 15 is 0 Å². The number of nitrogen functional groups attached to an aromatic ring is 1. The molecule has 31 heavy (non-hydrogen) atoms. The number of nitrogens with one attached hydrogen (secondary N) is 1. The van der Waals surface area contributed by atoms with Gasteiger partial charge in [-0.05, 0) is 30.2 Å². The van der Waals surface area contributed by atoms with Gasteiger partial charge in [0, 0.05) is 30.8 Å². The summed E-state index contributed by atoms with van der Waals surface area (Å²) in [6.45, 7) is 2.37. The van der Waals surface area contributed by atoms with Crippen LogP contribution in [0.4, 0.5) is 9.18 Å². The molecule has 0 bridgehead atoms. The first-order valence-corrected chi connectivity index (χ1v) is 10.1. The Morgan fingerprint density at radius 3 is 2.61 bits per heavy atom. The van der Waals surface area contributed by atoms with Crippen molar-refractivity contribution >= 4 is 11.9 Å². The number of nitrogens with zero attached hydrogens (tertiary/aromatic N) is 2. The van der Waals surface area contributed by atoms with Gasteiger partial charge in [-0.25, -0.2) is 15.0 Å². The molecule has 9 heteroatoms. The minimum Gasteiger partial charge on any atom is -0.496 e. The molecule has 3 rings (SSSR count). The van der Waals surface area contributed by atoms with Gasteiger partial charge in [-0.3, -0.25) is 10.2 Å². The molecule has 166 valence electrons. The van der Waals surface area contributed by atoms with E-state index in [0.29, 0.717) is 44.8 Å². The quantitative estimate of drug-likeness (QED) is 0.398. The number of urea groups is 1. The number of para-hydroxylation sites is 1. The molecule has 3 amide bonds. The van der Waals surface area contributed by atoms with Crippen LogP contribution >= 0.6 is 0 Å². The van der Waals surface area contributed by atoms with E-state index in [1.165, 1.54) is 12.1 Å². The molecule has 2 aromatic carbocycles. The summed E-state index contributed by atoms with van der Waals surface area (Å²) in [6, 6.07) is 11.5. The number of carbonyl (C=O) groups excluding carboxylic acids is 2. The van der Waals surface area contributed by atoms with Gasteiger partial charge in [-0.15, -0.1) is 0 Å². The van der Waals surface area contributed by atoms with Crippen molar-refractivity contribution in [1.29, 1.82) is 0 Å². The molecule has 1 fully saturated rings. The number of halogens is 1. The van der Waals surface area contributed by atoms with E-state index in [4.69, 9.17) is 15.3 Å². The molecule has 0 unspecified atom stereocenters. The van der Waals surface area contributed by atoms with Crippen LogP contribution in [0.25, 0.3) is 0 Å². The van der Waals surface area contributed by atoms with Gasteiger partial charge in [0.05, 0.1) is 26.9 Å². The number of hydrogen-bond acceptors (Lipinski definition) is 5. The molecular formula is C22H27FN4O4. The maximum atomic E-state index is 14.7. The molecule has 1 saturated heterocycles. The van der Waals surface area contributed by atoms with Gasteiger partial charge in [0.15, 0.2) is 0 Å². The molecule has 1 heterocycles. The molecule has 0 radical (unpaired) electrons. The smallest absolute Gasteiger partial charge is 0.320 e. The van der Waals surface area contributed by atoms with Crippen LogP contribution < -0.4 is 16.0 Å². The van der Waals surface area contributed by atoms with Crippen molar-refractivity contribution in [1.82, 2.24) is 15.2 Å². The number of ether oxygens (including phenoxy) is 2. The van der Waals surface area contributed by atoms with E-state index < -0.39 is 11.7 Å². The zero-order valence-corrected chi connectivity index (χ0v) is 17.5. The Morgan fingerprint density at radius 2 is 1.94 bits per heavy atom. The fourth-order valence-corrected chi connectivity index (χ4v) is 3.47. The standard InChI is InChI=1S/C22H27FN4O4/c1-30-20-5-3-2-4-16(20)8-9-27(22(29)26-10-12-31-13-11-26)15-18-7-6-17(14-19(18)23)21(28)25-24/h2-7,14H,8-13,15,24H2,1H3,(H,25,28). The van der Waals surface area contributed by atoms with Crippen molar-refractivity contribution in [2.45, 2.75) is 13.0 Å². The van der Waals surface area contributed by atoms with Crippen molar-refractivity contribution in [3.05, 3.63) is 65.0 Å². The zero-order valence-electron chi connectivity index (χ0n) is 17.5. The molecule has 8 nitrogen and oxygen atoms in total. The minimum atomic E-state index is -0.581. The van der Waals surface area contributed by atoms with E-state index in [-0.39, 0.29) is 18.1 Å². The number of benzene rings is 2. The van der Waals surface area contributed by atoms with Crippen LogP contribution in [-0.2, 0) is 17.7 Å². The van der Waals surface area contributed by atoms with E-state index in [1.807, 2.05) is 29.7 Å². The predicted molar refractivity (Wildman–Crippen MR) is 113 cm³/mol. The average Bonchev–Trinajstić information content (AvgIpc) is 2.82. The van der Waals surface area contributed by atoms with Crippen LogP contribution in [0.5, 0.6) is 5.75 Å². The molecule has 0 atom stereocenters. The van der Waals surface area contributed by atoms with E-state index in [0.717, 1.165) is 17.4 Å². The highest BCUT2D eigenvalue weighted by atomic mass is 19.1. The van der Waals surface area contributed by atoms with Gasteiger partial charge in [0.25, 0.3) is 5.91 Å². The first kappa shape index (κ1) is 22.5. The van der Waals surface area contributed by atoms with Gasteiger partial charge < -0.3 is 19.3 Å². The summed E-state index contributed by atoms with van der Waals surface area (Å²) in [4.78, 5) is 28.1. The Balaban J connectivity index is 1.79. The summed E-state index contributed by atoms with van der Waals surface area (Å²) in [5.41, 5.74) is 3.37. The molecule has 0 aromatic heterocycles. The SMILES string of the molecule is COc1ccccc1CCN(Cc1ccc(C(=O)NN)cc1F)C(=O)N1CCOCC1. The second-order valence-corrected chi connectivity index (χ2v) is 7.15. The van der Waals surface area contributed by atoms with Gasteiger partial charge in [0.1, 0.15) is 11.6 Å². The number of morpholine rings is 1. The van der Waals surface area contributed by atoms with Crippen molar-refractivity contribution in [3.8, 4) is 5.75 Å². The topological polar surface area (TPSA) is 97.1 Å². The van der Waals surface area contributed by atoms with Crippen LogP contribution in [0.2, 0.25) is 0 Å². The summed E-state index contributed by atoms with van der Waals surface area (Å²) in [5, 5.41) is 0. The molecule has 1 aliphatic heterocycles. The highest BCUT2D eigenvalue weighted by molar-refractivity contribution is 5.93. The lowest BCUT2D eigenvalue weighted by molar-refractivity contribution is 0.0426. The second kappa shape index (κ2) is 10.7. The summed E-state index contributed by atoms with van der Waals surface area (Å²) < 4.78 is 25.4. The van der Waals surface area contributed by atoms with Gasteiger partial charge in [-0.2, -0.15) is 0 Å². The fourth-order valence-electron chi connectivity index (χ4n) is 3.47. The summed E-state index contributed by atoms with van der Waals surface area (Å²) >= 11 is 0. The normalized spacial score (nSPS) is 13.6. The number of methoxy groups -OCH3 is 1. The van der Waals surface area contributed by atoms with Crippen molar-refractivity contribution in [3.63, 3.8) is 0 Å². The number of carbonyl (C=O) groups is 2. The highest BCUT2D eigenvalue weighted by Crippen LogP contribution is 2.20. The molecular weight excluding hydrogens is 403 g/mol. The molecule has 1 aliphatic rings. The van der Waals surface area contributed by atoms with Crippen LogP contribution in [0.3, 0.4) is 0 Å². The maximum Gasteiger partial charge on any atom is 0.320 e. The Bertz CT molecular complexity index is 918. The van der Waals surface area contributed by atoms with Crippen molar-refractivity contribution in [2.75, 3.05) is 40.0 Å². The van der Waals surface area contributed by atoms with Crippen LogP contribution in [0.15, 0.2) is 42.5 Å². The summed E-state index contributed by atoms with van der Waals surface area (Å²) in [7, 11) is 1.60. The number of amides is 3. The lowest BCUT2D eigenvalue weighted by Crippen LogP contribution is -2.48. The lowest BCUT2D eigenvalue weighted by atomic mass is 10.1. The summed E-state index contributed by atoms with van der Waals surface area (Å²) in [5.74, 6) is 4.70. The van der Waals surface area contributed by atoms with E-state index in [1.54, 1.807) is 16.9 Å². The number of hydrazine groups is 1. The first-order valence-electron chi connectivity index (χ1n) is 10.1. The largest absolute Gasteiger partial charge is 0.496 e. The number of hydrogen-bond donors (Lipinski definition) is 2. The molecule has 0 saturated carbocycles. The van der Waals surface area contributed by atoms with Gasteiger partial charge in [-0.1, -0.05) is 24.3 Å². The maximum absolute atomic E-state index is 14.7. The third-order valence-corrected chi connectivity index (χ3v) is 5.20. The third kappa shape index (κ3) is 5.71. The van der Waals surface area contributed by atoms with Gasteiger partial charge in [0.2, 0.25) is 0 Å². The molecule has 3 N–H and O–H groups in total. The molecule has 0 aliphatic carbocycles.